The Hall–Kier alpha value is -1.76. The van der Waals surface area contributed by atoms with Crippen molar-refractivity contribution in [1.29, 1.82) is 0 Å². The summed E-state index contributed by atoms with van der Waals surface area (Å²) in [5.41, 5.74) is 1.61. The number of benzene rings is 1. The largest absolute Gasteiger partial charge is 0.390 e. The highest BCUT2D eigenvalue weighted by Gasteiger charge is 2.31. The number of ether oxygens (including phenoxy) is 1. The van der Waals surface area contributed by atoms with Gasteiger partial charge in [-0.05, 0) is 50.2 Å². The Labute approximate surface area is 153 Å². The molecule has 3 atom stereocenters. The standard InChI is InChI=1S/C20H27FN2O3/c1-3-23(4-2)13-20-18(24)10-9-17(25-20)11-16-12-19(26-22-16)14-5-7-15(21)8-6-14/h5-8,12,17-18,20,24H,3-4,9-11,13H2,1-2H3/t17-,18-,20+/m0/s1. The summed E-state index contributed by atoms with van der Waals surface area (Å²) >= 11 is 0. The third kappa shape index (κ3) is 4.69. The van der Waals surface area contributed by atoms with E-state index < -0.39 is 6.10 Å². The predicted molar refractivity (Wildman–Crippen MR) is 97.3 cm³/mol. The van der Waals surface area contributed by atoms with E-state index in [1.54, 1.807) is 12.1 Å². The molecule has 5 nitrogen and oxygen atoms in total. The molecule has 3 rings (SSSR count). The van der Waals surface area contributed by atoms with Gasteiger partial charge in [-0.1, -0.05) is 19.0 Å². The van der Waals surface area contributed by atoms with Crippen molar-refractivity contribution < 1.29 is 18.8 Å². The molecule has 0 amide bonds. The second kappa shape index (κ2) is 8.75. The average Bonchev–Trinajstić information content (AvgIpc) is 3.11. The normalized spacial score (nSPS) is 23.5. The van der Waals surface area contributed by atoms with E-state index >= 15 is 0 Å². The lowest BCUT2D eigenvalue weighted by Crippen LogP contribution is -2.46. The first kappa shape index (κ1) is 19.0. The summed E-state index contributed by atoms with van der Waals surface area (Å²) in [7, 11) is 0. The van der Waals surface area contributed by atoms with Crippen LogP contribution in [0, 0.1) is 5.82 Å². The van der Waals surface area contributed by atoms with E-state index in [-0.39, 0.29) is 18.0 Å². The van der Waals surface area contributed by atoms with Crippen molar-refractivity contribution in [2.24, 2.45) is 0 Å². The fourth-order valence-electron chi connectivity index (χ4n) is 3.39. The lowest BCUT2D eigenvalue weighted by Gasteiger charge is -2.36. The number of aliphatic hydroxyl groups is 1. The van der Waals surface area contributed by atoms with Crippen LogP contribution in [0.15, 0.2) is 34.9 Å². The molecule has 0 bridgehead atoms. The van der Waals surface area contributed by atoms with Crippen LogP contribution in [0.25, 0.3) is 11.3 Å². The van der Waals surface area contributed by atoms with E-state index in [9.17, 15) is 9.50 Å². The number of hydrogen-bond acceptors (Lipinski definition) is 5. The molecule has 1 aliphatic heterocycles. The number of rotatable bonds is 7. The summed E-state index contributed by atoms with van der Waals surface area (Å²) in [5.74, 6) is 0.345. The van der Waals surface area contributed by atoms with Crippen LogP contribution in [0.5, 0.6) is 0 Å². The Morgan fingerprint density at radius 1 is 1.19 bits per heavy atom. The Kier molecular flexibility index (Phi) is 6.40. The van der Waals surface area contributed by atoms with Gasteiger partial charge in [0.15, 0.2) is 5.76 Å². The Bertz CT molecular complexity index is 685. The van der Waals surface area contributed by atoms with Gasteiger partial charge in [0.1, 0.15) is 5.82 Å². The first-order chi connectivity index (χ1) is 12.6. The molecule has 0 spiro atoms. The summed E-state index contributed by atoms with van der Waals surface area (Å²) < 4.78 is 24.6. The van der Waals surface area contributed by atoms with Gasteiger partial charge in [0, 0.05) is 24.6 Å². The average molecular weight is 362 g/mol. The number of aliphatic hydroxyl groups excluding tert-OH is 1. The van der Waals surface area contributed by atoms with Crippen LogP contribution >= 0.6 is 0 Å². The van der Waals surface area contributed by atoms with Crippen LogP contribution < -0.4 is 0 Å². The van der Waals surface area contributed by atoms with Crippen LogP contribution in [-0.4, -0.2) is 53.1 Å². The molecule has 0 radical (unpaired) electrons. The zero-order valence-corrected chi connectivity index (χ0v) is 15.4. The van der Waals surface area contributed by atoms with Crippen LogP contribution in [0.1, 0.15) is 32.4 Å². The zero-order chi connectivity index (χ0) is 18.5. The maximum Gasteiger partial charge on any atom is 0.167 e. The van der Waals surface area contributed by atoms with Crippen LogP contribution in [-0.2, 0) is 11.2 Å². The molecular weight excluding hydrogens is 335 g/mol. The number of halogens is 1. The molecule has 1 fully saturated rings. The molecule has 1 aromatic heterocycles. The molecule has 1 saturated heterocycles. The van der Waals surface area contributed by atoms with Crippen molar-refractivity contribution in [1.82, 2.24) is 10.1 Å². The second-order valence-corrected chi connectivity index (χ2v) is 6.82. The minimum absolute atomic E-state index is 0.0186. The Morgan fingerprint density at radius 2 is 1.92 bits per heavy atom. The molecule has 0 unspecified atom stereocenters. The molecule has 26 heavy (non-hydrogen) atoms. The summed E-state index contributed by atoms with van der Waals surface area (Å²) in [6.07, 6.45) is 1.61. The van der Waals surface area contributed by atoms with Crippen molar-refractivity contribution in [3.8, 4) is 11.3 Å². The van der Waals surface area contributed by atoms with E-state index in [1.165, 1.54) is 12.1 Å². The quantitative estimate of drug-likeness (QED) is 0.819. The minimum Gasteiger partial charge on any atom is -0.390 e. The number of hydrogen-bond donors (Lipinski definition) is 1. The lowest BCUT2D eigenvalue weighted by molar-refractivity contribution is -0.125. The Morgan fingerprint density at radius 3 is 2.62 bits per heavy atom. The first-order valence-corrected chi connectivity index (χ1v) is 9.36. The first-order valence-electron chi connectivity index (χ1n) is 9.36. The summed E-state index contributed by atoms with van der Waals surface area (Å²) in [4.78, 5) is 2.26. The van der Waals surface area contributed by atoms with Gasteiger partial charge in [-0.15, -0.1) is 0 Å². The van der Waals surface area contributed by atoms with Gasteiger partial charge in [0.05, 0.1) is 24.0 Å². The van der Waals surface area contributed by atoms with Gasteiger partial charge in [0.2, 0.25) is 0 Å². The molecular formula is C20H27FN2O3. The highest BCUT2D eigenvalue weighted by molar-refractivity contribution is 5.57. The topological polar surface area (TPSA) is 58.7 Å². The van der Waals surface area contributed by atoms with Crippen molar-refractivity contribution in [2.45, 2.75) is 51.4 Å². The maximum absolute atomic E-state index is 13.0. The third-order valence-electron chi connectivity index (χ3n) is 5.04. The van der Waals surface area contributed by atoms with Crippen molar-refractivity contribution >= 4 is 0 Å². The highest BCUT2D eigenvalue weighted by Crippen LogP contribution is 2.25. The summed E-state index contributed by atoms with van der Waals surface area (Å²) in [6.45, 7) is 6.85. The van der Waals surface area contributed by atoms with Gasteiger partial charge in [-0.25, -0.2) is 4.39 Å². The molecule has 142 valence electrons. The Balaban J connectivity index is 1.61. The predicted octanol–water partition coefficient (Wildman–Crippen LogP) is 3.27. The molecule has 6 heteroatoms. The molecule has 2 heterocycles. The molecule has 2 aromatic rings. The minimum atomic E-state index is -0.418. The molecule has 1 aliphatic rings. The van der Waals surface area contributed by atoms with E-state index in [2.05, 4.69) is 23.9 Å². The van der Waals surface area contributed by atoms with Crippen molar-refractivity contribution in [3.05, 3.63) is 41.8 Å². The van der Waals surface area contributed by atoms with E-state index in [4.69, 9.17) is 9.26 Å². The van der Waals surface area contributed by atoms with Gasteiger partial charge in [0.25, 0.3) is 0 Å². The second-order valence-electron chi connectivity index (χ2n) is 6.82. The van der Waals surface area contributed by atoms with Crippen molar-refractivity contribution in [2.75, 3.05) is 19.6 Å². The maximum atomic E-state index is 13.0. The zero-order valence-electron chi connectivity index (χ0n) is 15.4. The van der Waals surface area contributed by atoms with Crippen molar-refractivity contribution in [3.63, 3.8) is 0 Å². The third-order valence-corrected chi connectivity index (χ3v) is 5.04. The molecule has 0 aliphatic carbocycles. The highest BCUT2D eigenvalue weighted by atomic mass is 19.1. The van der Waals surface area contributed by atoms with Gasteiger partial charge >= 0.3 is 0 Å². The van der Waals surface area contributed by atoms with Gasteiger partial charge < -0.3 is 19.3 Å². The van der Waals surface area contributed by atoms with E-state index in [0.717, 1.165) is 43.7 Å². The molecule has 1 N–H and O–H groups in total. The van der Waals surface area contributed by atoms with Crippen LogP contribution in [0.2, 0.25) is 0 Å². The summed E-state index contributed by atoms with van der Waals surface area (Å²) in [5, 5.41) is 14.4. The smallest absolute Gasteiger partial charge is 0.167 e. The fourth-order valence-corrected chi connectivity index (χ4v) is 3.39. The SMILES string of the molecule is CCN(CC)C[C@H]1O[C@H](Cc2cc(-c3ccc(F)cc3)on2)CC[C@@H]1O. The lowest BCUT2D eigenvalue weighted by atomic mass is 9.97. The monoisotopic (exact) mass is 362 g/mol. The van der Waals surface area contributed by atoms with Gasteiger partial charge in [-0.2, -0.15) is 0 Å². The number of likely N-dealkylation sites (N-methyl/N-ethyl adjacent to an activating group) is 1. The van der Waals surface area contributed by atoms with Gasteiger partial charge in [-0.3, -0.25) is 0 Å². The van der Waals surface area contributed by atoms with E-state index in [0.29, 0.717) is 12.2 Å². The van der Waals surface area contributed by atoms with Crippen LogP contribution in [0.4, 0.5) is 4.39 Å². The number of aromatic nitrogens is 1. The fraction of sp³-hybridized carbons (Fsp3) is 0.550. The molecule has 1 aromatic carbocycles. The van der Waals surface area contributed by atoms with Crippen LogP contribution in [0.3, 0.4) is 0 Å². The number of nitrogens with zero attached hydrogens (tertiary/aromatic N) is 2. The summed E-state index contributed by atoms with van der Waals surface area (Å²) in [6, 6.07) is 8.03. The molecule has 0 saturated carbocycles. The van der Waals surface area contributed by atoms with E-state index in [1.807, 2.05) is 6.07 Å².